The molecule has 2 amide bonds. The van der Waals surface area contributed by atoms with Gasteiger partial charge in [-0.15, -0.1) is 0 Å². The van der Waals surface area contributed by atoms with Crippen molar-refractivity contribution in [2.75, 3.05) is 5.32 Å². The van der Waals surface area contributed by atoms with Crippen LogP contribution in [0.3, 0.4) is 0 Å². The average molecular weight is 499 g/mol. The topological polar surface area (TPSA) is 97.1 Å². The molecule has 2 aromatic carbocycles. The van der Waals surface area contributed by atoms with Crippen LogP contribution in [-0.2, 0) is 11.3 Å². The van der Waals surface area contributed by atoms with E-state index in [2.05, 4.69) is 20.6 Å². The second-order valence-corrected chi connectivity index (χ2v) is 8.55. The van der Waals surface area contributed by atoms with E-state index in [9.17, 15) is 18.4 Å². The molecule has 0 saturated heterocycles. The van der Waals surface area contributed by atoms with Crippen molar-refractivity contribution in [3.8, 4) is 11.5 Å². The fourth-order valence-electron chi connectivity index (χ4n) is 3.28. The van der Waals surface area contributed by atoms with Gasteiger partial charge in [-0.25, -0.2) is 13.8 Å². The van der Waals surface area contributed by atoms with Gasteiger partial charge in [-0.3, -0.25) is 14.6 Å². The third-order valence-corrected chi connectivity index (χ3v) is 5.41. The number of oxazole rings is 1. The first-order chi connectivity index (χ1) is 16.7. The van der Waals surface area contributed by atoms with Gasteiger partial charge < -0.3 is 15.1 Å². The van der Waals surface area contributed by atoms with Crippen molar-refractivity contribution < 1.29 is 22.8 Å². The van der Waals surface area contributed by atoms with E-state index >= 15 is 0 Å². The SMILES string of the molecule is CC(C)C(=O)NCc1cnc(C(F)F)c(C(=O)Nc2ccc3oc(-c4ccc(Cl)cc4)nc3c2)c1. The number of carbonyl (C=O) groups excluding carboxylic acids is 2. The highest BCUT2D eigenvalue weighted by molar-refractivity contribution is 6.30. The van der Waals surface area contributed by atoms with E-state index in [-0.39, 0.29) is 23.9 Å². The summed E-state index contributed by atoms with van der Waals surface area (Å²) in [4.78, 5) is 32.9. The molecule has 7 nitrogen and oxygen atoms in total. The second-order valence-electron chi connectivity index (χ2n) is 8.11. The standard InChI is InChI=1S/C25H21ClF2N4O3/c1-13(2)23(33)30-12-14-9-18(21(22(27)28)29-11-14)24(34)31-17-7-8-20-19(10-17)32-25(35-20)15-3-5-16(26)6-4-15/h3-11,13,22H,12H2,1-2H3,(H,30,33)(H,31,34). The lowest BCUT2D eigenvalue weighted by atomic mass is 10.1. The van der Waals surface area contributed by atoms with Gasteiger partial charge in [-0.1, -0.05) is 25.4 Å². The van der Waals surface area contributed by atoms with Crippen molar-refractivity contribution in [1.29, 1.82) is 0 Å². The van der Waals surface area contributed by atoms with Crippen molar-refractivity contribution in [3.05, 3.63) is 76.6 Å². The Morgan fingerprint density at radius 2 is 1.83 bits per heavy atom. The molecule has 0 saturated carbocycles. The Morgan fingerprint density at radius 3 is 2.51 bits per heavy atom. The number of halogens is 3. The van der Waals surface area contributed by atoms with Gasteiger partial charge in [0.05, 0.1) is 5.56 Å². The van der Waals surface area contributed by atoms with E-state index < -0.39 is 18.0 Å². The van der Waals surface area contributed by atoms with Crippen LogP contribution in [0.2, 0.25) is 5.02 Å². The highest BCUT2D eigenvalue weighted by atomic mass is 35.5. The molecule has 0 radical (unpaired) electrons. The number of carbonyl (C=O) groups is 2. The highest BCUT2D eigenvalue weighted by Crippen LogP contribution is 2.28. The number of aromatic nitrogens is 2. The van der Waals surface area contributed by atoms with Crippen LogP contribution in [0.25, 0.3) is 22.6 Å². The molecule has 0 spiro atoms. The quantitative estimate of drug-likeness (QED) is 0.325. The minimum absolute atomic E-state index is 0.0617. The Labute approximate surface area is 204 Å². The van der Waals surface area contributed by atoms with Crippen LogP contribution < -0.4 is 10.6 Å². The first-order valence-electron chi connectivity index (χ1n) is 10.7. The maximum absolute atomic E-state index is 13.5. The summed E-state index contributed by atoms with van der Waals surface area (Å²) < 4.78 is 32.8. The third kappa shape index (κ3) is 5.63. The Balaban J connectivity index is 1.57. The Morgan fingerprint density at radius 1 is 1.09 bits per heavy atom. The molecule has 10 heteroatoms. The van der Waals surface area contributed by atoms with E-state index in [0.717, 1.165) is 5.56 Å². The molecule has 2 heterocycles. The number of nitrogens with one attached hydrogen (secondary N) is 2. The van der Waals surface area contributed by atoms with E-state index in [1.807, 2.05) is 0 Å². The fourth-order valence-corrected chi connectivity index (χ4v) is 3.41. The molecule has 4 aromatic rings. The molecule has 0 bridgehead atoms. The number of hydrogen-bond acceptors (Lipinski definition) is 5. The van der Waals surface area contributed by atoms with Crippen molar-refractivity contribution in [2.24, 2.45) is 5.92 Å². The van der Waals surface area contributed by atoms with Gasteiger partial charge >= 0.3 is 0 Å². The van der Waals surface area contributed by atoms with Crippen molar-refractivity contribution in [3.63, 3.8) is 0 Å². The van der Waals surface area contributed by atoms with Crippen LogP contribution in [0.4, 0.5) is 14.5 Å². The van der Waals surface area contributed by atoms with Gasteiger partial charge in [0.2, 0.25) is 11.8 Å². The van der Waals surface area contributed by atoms with E-state index in [1.54, 1.807) is 56.3 Å². The lowest BCUT2D eigenvalue weighted by molar-refractivity contribution is -0.124. The number of amides is 2. The molecule has 0 fully saturated rings. The summed E-state index contributed by atoms with van der Waals surface area (Å²) in [6.07, 6.45) is -1.73. The zero-order valence-electron chi connectivity index (χ0n) is 18.8. The number of pyridine rings is 1. The second kappa shape index (κ2) is 10.2. The molecular weight excluding hydrogens is 478 g/mol. The molecule has 0 unspecified atom stereocenters. The molecule has 0 atom stereocenters. The van der Waals surface area contributed by atoms with Gasteiger partial charge in [0, 0.05) is 34.9 Å². The average Bonchev–Trinajstić information content (AvgIpc) is 3.26. The third-order valence-electron chi connectivity index (χ3n) is 5.15. The number of nitrogens with zero attached hydrogens (tertiary/aromatic N) is 2. The molecule has 0 aliphatic rings. The summed E-state index contributed by atoms with van der Waals surface area (Å²) in [7, 11) is 0. The predicted octanol–water partition coefficient (Wildman–Crippen LogP) is 6.01. The van der Waals surface area contributed by atoms with Gasteiger partial charge in [0.1, 0.15) is 11.2 Å². The lowest BCUT2D eigenvalue weighted by Gasteiger charge is -2.12. The predicted molar refractivity (Wildman–Crippen MR) is 128 cm³/mol. The maximum Gasteiger partial charge on any atom is 0.281 e. The minimum Gasteiger partial charge on any atom is -0.436 e. The zero-order chi connectivity index (χ0) is 25.1. The van der Waals surface area contributed by atoms with Crippen LogP contribution in [0, 0.1) is 5.92 Å². The van der Waals surface area contributed by atoms with Gasteiger partial charge in [-0.05, 0) is 54.1 Å². The summed E-state index contributed by atoms with van der Waals surface area (Å²) in [6, 6.07) is 13.1. The maximum atomic E-state index is 13.5. The number of rotatable bonds is 7. The lowest BCUT2D eigenvalue weighted by Crippen LogP contribution is -2.27. The first kappa shape index (κ1) is 24.3. The molecule has 180 valence electrons. The van der Waals surface area contributed by atoms with Gasteiger partial charge in [0.15, 0.2) is 5.58 Å². The number of benzene rings is 2. The molecule has 0 aliphatic heterocycles. The first-order valence-corrected chi connectivity index (χ1v) is 11.1. The van der Waals surface area contributed by atoms with Crippen molar-refractivity contribution >= 4 is 40.2 Å². The molecule has 0 aliphatic carbocycles. The smallest absolute Gasteiger partial charge is 0.281 e. The fraction of sp³-hybridized carbons (Fsp3) is 0.200. The van der Waals surface area contributed by atoms with Gasteiger partial charge in [-0.2, -0.15) is 0 Å². The van der Waals surface area contributed by atoms with Crippen LogP contribution in [-0.4, -0.2) is 21.8 Å². The normalized spacial score (nSPS) is 11.3. The number of alkyl halides is 2. The Bertz CT molecular complexity index is 1390. The van der Waals surface area contributed by atoms with Crippen LogP contribution in [0.1, 0.15) is 41.9 Å². The number of anilines is 1. The number of hydrogen-bond donors (Lipinski definition) is 2. The van der Waals surface area contributed by atoms with Crippen molar-refractivity contribution in [1.82, 2.24) is 15.3 Å². The molecule has 35 heavy (non-hydrogen) atoms. The van der Waals surface area contributed by atoms with Crippen molar-refractivity contribution in [2.45, 2.75) is 26.8 Å². The molecular formula is C25H21ClF2N4O3. The summed E-state index contributed by atoms with van der Waals surface area (Å²) in [6.45, 7) is 3.53. The molecule has 4 rings (SSSR count). The summed E-state index contributed by atoms with van der Waals surface area (Å²) >= 11 is 5.92. The van der Waals surface area contributed by atoms with Crippen LogP contribution >= 0.6 is 11.6 Å². The highest BCUT2D eigenvalue weighted by Gasteiger charge is 2.21. The van der Waals surface area contributed by atoms with Crippen LogP contribution in [0.5, 0.6) is 0 Å². The van der Waals surface area contributed by atoms with E-state index in [1.165, 1.54) is 12.3 Å². The summed E-state index contributed by atoms with van der Waals surface area (Å²) in [5.74, 6) is -0.823. The Hall–Kier alpha value is -3.85. The Kier molecular flexibility index (Phi) is 7.07. The molecule has 2 N–H and O–H groups in total. The summed E-state index contributed by atoms with van der Waals surface area (Å²) in [5, 5.41) is 5.87. The minimum atomic E-state index is -2.95. The zero-order valence-corrected chi connectivity index (χ0v) is 19.6. The monoisotopic (exact) mass is 498 g/mol. The van der Waals surface area contributed by atoms with E-state index in [0.29, 0.717) is 33.3 Å². The summed E-state index contributed by atoms with van der Waals surface area (Å²) in [5.41, 5.74) is 1.54. The van der Waals surface area contributed by atoms with Crippen LogP contribution in [0.15, 0.2) is 59.1 Å². The number of fused-ring (bicyclic) bond motifs is 1. The van der Waals surface area contributed by atoms with E-state index in [4.69, 9.17) is 16.0 Å². The van der Waals surface area contributed by atoms with Gasteiger partial charge in [0.25, 0.3) is 12.3 Å². The largest absolute Gasteiger partial charge is 0.436 e. The molecule has 2 aromatic heterocycles.